The maximum absolute atomic E-state index is 12.0. The molecule has 0 aliphatic carbocycles. The molecule has 1 aromatic heterocycles. The molecule has 0 saturated heterocycles. The normalized spacial score (nSPS) is 13.8. The third-order valence-electron chi connectivity index (χ3n) is 3.04. The lowest BCUT2D eigenvalue weighted by Gasteiger charge is -2.24. The molecule has 1 rings (SSSR count). The second-order valence-electron chi connectivity index (χ2n) is 4.53. The average Bonchev–Trinajstić information content (AvgIpc) is 2.28. The quantitative estimate of drug-likeness (QED) is 0.852. The van der Waals surface area contributed by atoms with Gasteiger partial charge in [-0.2, -0.15) is 0 Å². The van der Waals surface area contributed by atoms with Crippen molar-refractivity contribution in [3.05, 3.63) is 29.1 Å². The maximum Gasteiger partial charge on any atom is 0.329 e. The Hall–Kier alpha value is -1.91. The highest BCUT2D eigenvalue weighted by molar-refractivity contribution is 5.98. The van der Waals surface area contributed by atoms with Crippen molar-refractivity contribution < 1.29 is 14.7 Å². The maximum atomic E-state index is 12.0. The van der Waals surface area contributed by atoms with Gasteiger partial charge in [-0.3, -0.25) is 9.78 Å². The van der Waals surface area contributed by atoms with Gasteiger partial charge in [-0.15, -0.1) is 0 Å². The van der Waals surface area contributed by atoms with E-state index in [1.54, 1.807) is 26.0 Å². The molecule has 0 fully saturated rings. The van der Waals surface area contributed by atoms with Crippen LogP contribution in [0.4, 0.5) is 0 Å². The van der Waals surface area contributed by atoms with Gasteiger partial charge in [-0.1, -0.05) is 6.92 Å². The van der Waals surface area contributed by atoms with Crippen molar-refractivity contribution in [3.8, 4) is 0 Å². The van der Waals surface area contributed by atoms with Crippen molar-refractivity contribution in [3.63, 3.8) is 0 Å². The number of aromatic nitrogens is 1. The molecule has 0 radical (unpaired) electrons. The number of amides is 1. The van der Waals surface area contributed by atoms with Crippen LogP contribution in [0.15, 0.2) is 12.1 Å². The highest BCUT2D eigenvalue weighted by atomic mass is 16.4. The molecule has 18 heavy (non-hydrogen) atoms. The number of carbonyl (C=O) groups is 2. The van der Waals surface area contributed by atoms with Gasteiger partial charge in [0.05, 0.1) is 11.3 Å². The number of nitrogens with one attached hydrogen (secondary N) is 1. The van der Waals surface area contributed by atoms with Crippen LogP contribution in [0.3, 0.4) is 0 Å². The van der Waals surface area contributed by atoms with Crippen molar-refractivity contribution in [2.75, 3.05) is 0 Å². The summed E-state index contributed by atoms with van der Waals surface area (Å²) in [5, 5.41) is 11.7. The van der Waals surface area contributed by atoms with Crippen LogP contribution in [-0.4, -0.2) is 27.5 Å². The van der Waals surface area contributed by atoms with E-state index in [1.165, 1.54) is 6.92 Å². The summed E-state index contributed by atoms with van der Waals surface area (Å²) in [4.78, 5) is 27.4. The van der Waals surface area contributed by atoms with Crippen LogP contribution < -0.4 is 5.32 Å². The minimum Gasteiger partial charge on any atom is -0.480 e. The topological polar surface area (TPSA) is 79.3 Å². The Kier molecular flexibility index (Phi) is 4.06. The molecule has 1 amide bonds. The molecule has 98 valence electrons. The lowest BCUT2D eigenvalue weighted by atomic mass is 9.98. The Morgan fingerprint density at radius 2 is 2.00 bits per heavy atom. The van der Waals surface area contributed by atoms with Crippen LogP contribution >= 0.6 is 0 Å². The Morgan fingerprint density at radius 1 is 1.39 bits per heavy atom. The van der Waals surface area contributed by atoms with Crippen molar-refractivity contribution >= 4 is 11.9 Å². The van der Waals surface area contributed by atoms with Crippen LogP contribution in [-0.2, 0) is 4.79 Å². The van der Waals surface area contributed by atoms with E-state index in [9.17, 15) is 9.59 Å². The van der Waals surface area contributed by atoms with Gasteiger partial charge >= 0.3 is 5.97 Å². The summed E-state index contributed by atoms with van der Waals surface area (Å²) in [6, 6.07) is 3.39. The van der Waals surface area contributed by atoms with Gasteiger partial charge in [0.1, 0.15) is 5.54 Å². The Balaban J connectivity index is 2.98. The Morgan fingerprint density at radius 3 is 2.44 bits per heavy atom. The first-order valence-electron chi connectivity index (χ1n) is 5.80. The first-order chi connectivity index (χ1) is 8.30. The molecule has 0 aromatic carbocycles. The smallest absolute Gasteiger partial charge is 0.329 e. The molecule has 2 N–H and O–H groups in total. The minimum absolute atomic E-state index is 0.312. The zero-order chi connectivity index (χ0) is 13.9. The number of carboxylic acid groups (broad SMARTS) is 1. The van der Waals surface area contributed by atoms with E-state index in [0.717, 1.165) is 5.69 Å². The summed E-state index contributed by atoms with van der Waals surface area (Å²) in [6.45, 7) is 6.77. The van der Waals surface area contributed by atoms with Crippen molar-refractivity contribution in [2.24, 2.45) is 0 Å². The lowest BCUT2D eigenvalue weighted by molar-refractivity contribution is -0.143. The number of carboxylic acids is 1. The van der Waals surface area contributed by atoms with Crippen molar-refractivity contribution in [1.29, 1.82) is 0 Å². The molecule has 0 bridgehead atoms. The molecule has 0 aliphatic heterocycles. The van der Waals surface area contributed by atoms with Crippen LogP contribution in [0, 0.1) is 13.8 Å². The summed E-state index contributed by atoms with van der Waals surface area (Å²) in [6.07, 6.45) is 0.312. The van der Waals surface area contributed by atoms with Gasteiger partial charge in [0, 0.05) is 5.69 Å². The molecule has 1 aromatic rings. The minimum atomic E-state index is -1.26. The summed E-state index contributed by atoms with van der Waals surface area (Å²) in [5.41, 5.74) is 0.562. The van der Waals surface area contributed by atoms with Gasteiger partial charge in [0.2, 0.25) is 0 Å². The Labute approximate surface area is 106 Å². The molecule has 0 saturated carbocycles. The predicted molar refractivity (Wildman–Crippen MR) is 67.5 cm³/mol. The summed E-state index contributed by atoms with van der Waals surface area (Å²) in [5.74, 6) is -1.46. The predicted octanol–water partition coefficient (Wildman–Crippen LogP) is 1.68. The number of aryl methyl sites for hydroxylation is 2. The summed E-state index contributed by atoms with van der Waals surface area (Å²) in [7, 11) is 0. The number of rotatable bonds is 4. The standard InChI is InChI=1S/C13H18N2O3/c1-5-13(4,12(17)18)15-11(16)10-7-6-8(2)14-9(10)3/h6-7H,5H2,1-4H3,(H,15,16)(H,17,18). The SMILES string of the molecule is CCC(C)(NC(=O)c1ccc(C)nc1C)C(=O)O. The number of aliphatic carboxylic acids is 1. The summed E-state index contributed by atoms with van der Waals surface area (Å²) >= 11 is 0. The van der Waals surface area contributed by atoms with E-state index < -0.39 is 17.4 Å². The first-order valence-corrected chi connectivity index (χ1v) is 5.80. The van der Waals surface area contributed by atoms with Crippen LogP contribution in [0.1, 0.15) is 42.0 Å². The molecule has 1 heterocycles. The van der Waals surface area contributed by atoms with E-state index in [-0.39, 0.29) is 0 Å². The van der Waals surface area contributed by atoms with Crippen molar-refractivity contribution in [1.82, 2.24) is 10.3 Å². The van der Waals surface area contributed by atoms with E-state index >= 15 is 0 Å². The third kappa shape index (κ3) is 2.85. The van der Waals surface area contributed by atoms with Crippen LogP contribution in [0.25, 0.3) is 0 Å². The van der Waals surface area contributed by atoms with Gasteiger partial charge in [-0.05, 0) is 39.3 Å². The first kappa shape index (κ1) is 14.2. The van der Waals surface area contributed by atoms with E-state index in [2.05, 4.69) is 10.3 Å². The molecular weight excluding hydrogens is 232 g/mol. The van der Waals surface area contributed by atoms with Crippen LogP contribution in [0.5, 0.6) is 0 Å². The highest BCUT2D eigenvalue weighted by Gasteiger charge is 2.33. The van der Waals surface area contributed by atoms with Gasteiger partial charge in [0.15, 0.2) is 0 Å². The van der Waals surface area contributed by atoms with E-state index in [1.807, 2.05) is 6.92 Å². The molecule has 0 spiro atoms. The second-order valence-corrected chi connectivity index (χ2v) is 4.53. The molecule has 5 nitrogen and oxygen atoms in total. The van der Waals surface area contributed by atoms with Crippen molar-refractivity contribution in [2.45, 2.75) is 39.7 Å². The highest BCUT2D eigenvalue weighted by Crippen LogP contribution is 2.13. The number of carbonyl (C=O) groups excluding carboxylic acids is 1. The van der Waals surface area contributed by atoms with E-state index in [0.29, 0.717) is 17.7 Å². The Bertz CT molecular complexity index is 485. The number of hydrogen-bond donors (Lipinski definition) is 2. The lowest BCUT2D eigenvalue weighted by Crippen LogP contribution is -2.51. The van der Waals surface area contributed by atoms with E-state index in [4.69, 9.17) is 5.11 Å². The van der Waals surface area contributed by atoms with Crippen LogP contribution in [0.2, 0.25) is 0 Å². The van der Waals surface area contributed by atoms with Gasteiger partial charge < -0.3 is 10.4 Å². The molecule has 1 atom stereocenters. The fraction of sp³-hybridized carbons (Fsp3) is 0.462. The largest absolute Gasteiger partial charge is 0.480 e. The number of nitrogens with zero attached hydrogens (tertiary/aromatic N) is 1. The monoisotopic (exact) mass is 250 g/mol. The van der Waals surface area contributed by atoms with Gasteiger partial charge in [0.25, 0.3) is 5.91 Å². The number of pyridine rings is 1. The van der Waals surface area contributed by atoms with Gasteiger partial charge in [-0.25, -0.2) is 4.79 Å². The third-order valence-corrected chi connectivity index (χ3v) is 3.04. The fourth-order valence-corrected chi connectivity index (χ4v) is 1.54. The summed E-state index contributed by atoms with van der Waals surface area (Å²) < 4.78 is 0. The second kappa shape index (κ2) is 5.16. The molecule has 0 aliphatic rings. The number of hydrogen-bond acceptors (Lipinski definition) is 3. The average molecular weight is 250 g/mol. The zero-order valence-electron chi connectivity index (χ0n) is 11.1. The zero-order valence-corrected chi connectivity index (χ0v) is 11.1. The molecule has 5 heteroatoms. The molecule has 1 unspecified atom stereocenters. The fourth-order valence-electron chi connectivity index (χ4n) is 1.54. The molecular formula is C13H18N2O3.